The lowest BCUT2D eigenvalue weighted by atomic mass is 10.0. The fourth-order valence-corrected chi connectivity index (χ4v) is 2.80. The van der Waals surface area contributed by atoms with E-state index in [0.29, 0.717) is 6.54 Å². The summed E-state index contributed by atoms with van der Waals surface area (Å²) in [5, 5.41) is 2.89. The summed E-state index contributed by atoms with van der Waals surface area (Å²) in [5.74, 6) is 0.984. The number of nitrogens with two attached hydrogens (primary N) is 1. The van der Waals surface area contributed by atoms with Gasteiger partial charge in [-0.3, -0.25) is 9.69 Å². The number of rotatable bonds is 9. The van der Waals surface area contributed by atoms with Gasteiger partial charge in [-0.05, 0) is 56.0 Å². The van der Waals surface area contributed by atoms with Crippen molar-refractivity contribution in [1.29, 1.82) is 0 Å². The van der Waals surface area contributed by atoms with Gasteiger partial charge in [0.15, 0.2) is 0 Å². The molecule has 0 saturated carbocycles. The Hall–Kier alpha value is -1.59. The van der Waals surface area contributed by atoms with Crippen LogP contribution in [-0.4, -0.2) is 49.6 Å². The van der Waals surface area contributed by atoms with Gasteiger partial charge in [0, 0.05) is 13.1 Å². The molecule has 1 aromatic rings. The molecule has 1 amide bonds. The number of ether oxygens (including phenoxy) is 1. The van der Waals surface area contributed by atoms with Gasteiger partial charge in [0.05, 0.1) is 6.04 Å². The fraction of sp³-hybridized carbons (Fsp3) is 0.632. The van der Waals surface area contributed by atoms with Crippen molar-refractivity contribution < 1.29 is 9.53 Å². The number of nitrogens with zero attached hydrogens (tertiary/aromatic N) is 1. The van der Waals surface area contributed by atoms with Crippen molar-refractivity contribution in [2.24, 2.45) is 11.7 Å². The van der Waals surface area contributed by atoms with Gasteiger partial charge in [0.25, 0.3) is 0 Å². The Labute approximate surface area is 145 Å². The monoisotopic (exact) mass is 333 g/mol. The first kappa shape index (κ1) is 18.7. The maximum absolute atomic E-state index is 11.8. The molecule has 1 saturated heterocycles. The molecule has 1 atom stereocenters. The summed E-state index contributed by atoms with van der Waals surface area (Å²) in [5.41, 5.74) is 7.00. The molecule has 1 aromatic carbocycles. The van der Waals surface area contributed by atoms with Gasteiger partial charge in [-0.2, -0.15) is 0 Å². The molecule has 2 rings (SSSR count). The lowest BCUT2D eigenvalue weighted by Gasteiger charge is -2.16. The van der Waals surface area contributed by atoms with Gasteiger partial charge in [-0.15, -0.1) is 0 Å². The standard InChI is InChI=1S/C19H31N3O2/c1-15(2)18(20)19(23)21-10-9-16-5-7-17(8-6-16)24-14-13-22-11-3-4-12-22/h5-8,15,18H,3-4,9-14,20H2,1-2H3,(H,21,23)/t18-/m0/s1. The highest BCUT2D eigenvalue weighted by Crippen LogP contribution is 2.13. The van der Waals surface area contributed by atoms with Crippen LogP contribution in [0.3, 0.4) is 0 Å². The highest BCUT2D eigenvalue weighted by atomic mass is 16.5. The molecule has 1 heterocycles. The normalized spacial score (nSPS) is 16.3. The van der Waals surface area contributed by atoms with Gasteiger partial charge >= 0.3 is 0 Å². The average Bonchev–Trinajstić information content (AvgIpc) is 3.08. The molecule has 24 heavy (non-hydrogen) atoms. The van der Waals surface area contributed by atoms with Crippen LogP contribution in [0.15, 0.2) is 24.3 Å². The number of hydrogen-bond donors (Lipinski definition) is 2. The molecule has 0 radical (unpaired) electrons. The van der Waals surface area contributed by atoms with Gasteiger partial charge in [0.2, 0.25) is 5.91 Å². The SMILES string of the molecule is CC(C)[C@H](N)C(=O)NCCc1ccc(OCCN2CCCC2)cc1. The van der Waals surface area contributed by atoms with E-state index in [1.54, 1.807) is 0 Å². The Kier molecular flexibility index (Phi) is 7.53. The Morgan fingerprint density at radius 2 is 1.92 bits per heavy atom. The molecule has 3 N–H and O–H groups in total. The van der Waals surface area contributed by atoms with Gasteiger partial charge in [0.1, 0.15) is 12.4 Å². The lowest BCUT2D eigenvalue weighted by molar-refractivity contribution is -0.123. The van der Waals surface area contributed by atoms with E-state index in [1.807, 2.05) is 26.0 Å². The van der Waals surface area contributed by atoms with E-state index < -0.39 is 6.04 Å². The number of likely N-dealkylation sites (tertiary alicyclic amines) is 1. The van der Waals surface area contributed by atoms with E-state index in [0.717, 1.165) is 25.3 Å². The van der Waals surface area contributed by atoms with Crippen LogP contribution in [0, 0.1) is 5.92 Å². The van der Waals surface area contributed by atoms with E-state index in [9.17, 15) is 4.79 Å². The van der Waals surface area contributed by atoms with Crippen molar-refractivity contribution in [2.75, 3.05) is 32.8 Å². The number of hydrogen-bond acceptors (Lipinski definition) is 4. The predicted molar refractivity (Wildman–Crippen MR) is 97.1 cm³/mol. The minimum Gasteiger partial charge on any atom is -0.492 e. The molecule has 0 spiro atoms. The molecule has 0 bridgehead atoms. The Balaban J connectivity index is 1.65. The summed E-state index contributed by atoms with van der Waals surface area (Å²) in [4.78, 5) is 14.2. The molecule has 1 aliphatic heterocycles. The van der Waals surface area contributed by atoms with Crippen molar-refractivity contribution >= 4 is 5.91 Å². The summed E-state index contributed by atoms with van der Waals surface area (Å²) in [6.07, 6.45) is 3.42. The zero-order chi connectivity index (χ0) is 17.4. The molecule has 5 heteroatoms. The van der Waals surface area contributed by atoms with Crippen LogP contribution in [0.5, 0.6) is 5.75 Å². The molecule has 1 fully saturated rings. The van der Waals surface area contributed by atoms with Crippen LogP contribution in [0.2, 0.25) is 0 Å². The molecular weight excluding hydrogens is 302 g/mol. The van der Waals surface area contributed by atoms with Crippen LogP contribution in [0.25, 0.3) is 0 Å². The topological polar surface area (TPSA) is 67.6 Å². The minimum atomic E-state index is -0.434. The first-order valence-electron chi connectivity index (χ1n) is 9.03. The zero-order valence-electron chi connectivity index (χ0n) is 15.0. The summed E-state index contributed by atoms with van der Waals surface area (Å²) < 4.78 is 5.80. The summed E-state index contributed by atoms with van der Waals surface area (Å²) in [6, 6.07) is 7.68. The quantitative estimate of drug-likeness (QED) is 0.723. The van der Waals surface area contributed by atoms with Crippen molar-refractivity contribution in [3.63, 3.8) is 0 Å². The number of carbonyl (C=O) groups is 1. The van der Waals surface area contributed by atoms with Crippen LogP contribution >= 0.6 is 0 Å². The lowest BCUT2D eigenvalue weighted by Crippen LogP contribution is -2.44. The second-order valence-corrected chi connectivity index (χ2v) is 6.85. The van der Waals surface area contributed by atoms with Crippen LogP contribution < -0.4 is 15.8 Å². The molecule has 134 valence electrons. The van der Waals surface area contributed by atoms with Gasteiger partial charge < -0.3 is 15.8 Å². The Morgan fingerprint density at radius 3 is 2.54 bits per heavy atom. The maximum Gasteiger partial charge on any atom is 0.237 e. The van der Waals surface area contributed by atoms with Gasteiger partial charge in [-0.1, -0.05) is 26.0 Å². The molecular formula is C19H31N3O2. The molecule has 0 unspecified atom stereocenters. The van der Waals surface area contributed by atoms with E-state index in [1.165, 1.54) is 31.5 Å². The summed E-state index contributed by atoms with van der Waals surface area (Å²) in [6.45, 7) is 8.66. The fourth-order valence-electron chi connectivity index (χ4n) is 2.80. The molecule has 5 nitrogen and oxygen atoms in total. The average molecular weight is 333 g/mol. The summed E-state index contributed by atoms with van der Waals surface area (Å²) in [7, 11) is 0. The molecule has 0 aliphatic carbocycles. The van der Waals surface area contributed by atoms with E-state index in [2.05, 4.69) is 22.3 Å². The number of amides is 1. The van der Waals surface area contributed by atoms with Crippen LogP contribution in [0.1, 0.15) is 32.3 Å². The number of benzene rings is 1. The first-order chi connectivity index (χ1) is 11.6. The first-order valence-corrected chi connectivity index (χ1v) is 9.03. The maximum atomic E-state index is 11.8. The van der Waals surface area contributed by atoms with Crippen LogP contribution in [0.4, 0.5) is 0 Å². The third kappa shape index (κ3) is 6.13. The molecule has 0 aromatic heterocycles. The smallest absolute Gasteiger partial charge is 0.237 e. The van der Waals surface area contributed by atoms with E-state index in [4.69, 9.17) is 10.5 Å². The number of carbonyl (C=O) groups excluding carboxylic acids is 1. The third-order valence-corrected chi connectivity index (χ3v) is 4.53. The zero-order valence-corrected chi connectivity index (χ0v) is 15.0. The van der Waals surface area contributed by atoms with Crippen molar-refractivity contribution in [3.8, 4) is 5.75 Å². The minimum absolute atomic E-state index is 0.0770. The van der Waals surface area contributed by atoms with E-state index in [-0.39, 0.29) is 11.8 Å². The summed E-state index contributed by atoms with van der Waals surface area (Å²) >= 11 is 0. The van der Waals surface area contributed by atoms with Crippen LogP contribution in [-0.2, 0) is 11.2 Å². The molecule has 1 aliphatic rings. The third-order valence-electron chi connectivity index (χ3n) is 4.53. The van der Waals surface area contributed by atoms with Crippen molar-refractivity contribution in [1.82, 2.24) is 10.2 Å². The number of nitrogens with one attached hydrogen (secondary N) is 1. The van der Waals surface area contributed by atoms with Crippen molar-refractivity contribution in [3.05, 3.63) is 29.8 Å². The highest BCUT2D eigenvalue weighted by molar-refractivity contribution is 5.81. The largest absolute Gasteiger partial charge is 0.492 e. The van der Waals surface area contributed by atoms with Gasteiger partial charge in [-0.25, -0.2) is 0 Å². The Morgan fingerprint density at radius 1 is 1.25 bits per heavy atom. The van der Waals surface area contributed by atoms with E-state index >= 15 is 0 Å². The second-order valence-electron chi connectivity index (χ2n) is 6.85. The highest BCUT2D eigenvalue weighted by Gasteiger charge is 2.16. The van der Waals surface area contributed by atoms with Crippen molar-refractivity contribution in [2.45, 2.75) is 39.2 Å². The Bertz CT molecular complexity index is 496. The second kappa shape index (κ2) is 9.64. The predicted octanol–water partition coefficient (Wildman–Crippen LogP) is 1.80.